The Morgan fingerprint density at radius 3 is 2.44 bits per heavy atom. The van der Waals surface area contributed by atoms with Crippen molar-refractivity contribution in [3.05, 3.63) is 17.5 Å². The van der Waals surface area contributed by atoms with Crippen LogP contribution in [0.2, 0.25) is 0 Å². The summed E-state index contributed by atoms with van der Waals surface area (Å²) in [6.45, 7) is 2.98. The van der Waals surface area contributed by atoms with Crippen LogP contribution in [0.5, 0.6) is 0 Å². The second-order valence-corrected chi connectivity index (χ2v) is 5.90. The molecule has 2 rings (SSSR count). The van der Waals surface area contributed by atoms with E-state index in [2.05, 4.69) is 29.8 Å². The molecule has 0 spiro atoms. The van der Waals surface area contributed by atoms with Crippen molar-refractivity contribution in [2.24, 2.45) is 18.2 Å². The van der Waals surface area contributed by atoms with Crippen LogP contribution in [0.4, 0.5) is 0 Å². The van der Waals surface area contributed by atoms with Gasteiger partial charge in [0.05, 0.1) is 5.69 Å². The standard InChI is InChI=1S/C15H27N3/c1-3-13-10-14(18(2)17-13)11-15(12-16)8-6-4-5-7-9-15/h10H,3-9,11-12,16H2,1-2H3. The highest BCUT2D eigenvalue weighted by molar-refractivity contribution is 5.12. The average Bonchev–Trinajstić information content (AvgIpc) is 2.60. The molecule has 0 bridgehead atoms. The van der Waals surface area contributed by atoms with E-state index in [4.69, 9.17) is 5.73 Å². The van der Waals surface area contributed by atoms with Crippen molar-refractivity contribution in [3.8, 4) is 0 Å². The van der Waals surface area contributed by atoms with E-state index >= 15 is 0 Å². The zero-order valence-corrected chi connectivity index (χ0v) is 11.9. The van der Waals surface area contributed by atoms with Crippen LogP contribution in [-0.2, 0) is 19.9 Å². The van der Waals surface area contributed by atoms with Gasteiger partial charge in [-0.1, -0.05) is 32.6 Å². The van der Waals surface area contributed by atoms with Gasteiger partial charge in [0.2, 0.25) is 0 Å². The molecule has 1 aromatic heterocycles. The van der Waals surface area contributed by atoms with Gasteiger partial charge in [0.1, 0.15) is 0 Å². The first-order valence-electron chi connectivity index (χ1n) is 7.41. The Morgan fingerprint density at radius 1 is 1.28 bits per heavy atom. The molecule has 2 N–H and O–H groups in total. The Morgan fingerprint density at radius 2 is 1.94 bits per heavy atom. The Balaban J connectivity index is 2.15. The van der Waals surface area contributed by atoms with E-state index < -0.39 is 0 Å². The highest BCUT2D eigenvalue weighted by Crippen LogP contribution is 2.37. The fourth-order valence-corrected chi connectivity index (χ4v) is 3.23. The predicted molar refractivity (Wildman–Crippen MR) is 75.5 cm³/mol. The lowest BCUT2D eigenvalue weighted by Crippen LogP contribution is -2.33. The molecule has 3 nitrogen and oxygen atoms in total. The molecule has 1 aliphatic carbocycles. The summed E-state index contributed by atoms with van der Waals surface area (Å²) < 4.78 is 2.06. The second kappa shape index (κ2) is 5.87. The van der Waals surface area contributed by atoms with Crippen LogP contribution in [0.15, 0.2) is 6.07 Å². The highest BCUT2D eigenvalue weighted by Gasteiger charge is 2.30. The summed E-state index contributed by atoms with van der Waals surface area (Å²) in [5.41, 5.74) is 9.01. The summed E-state index contributed by atoms with van der Waals surface area (Å²) in [4.78, 5) is 0. The Labute approximate surface area is 111 Å². The molecule has 1 aromatic rings. The lowest BCUT2D eigenvalue weighted by molar-refractivity contribution is 0.247. The van der Waals surface area contributed by atoms with E-state index in [1.165, 1.54) is 49.9 Å². The topological polar surface area (TPSA) is 43.8 Å². The molecule has 3 heteroatoms. The fourth-order valence-electron chi connectivity index (χ4n) is 3.23. The van der Waals surface area contributed by atoms with Gasteiger partial charge in [0.25, 0.3) is 0 Å². The van der Waals surface area contributed by atoms with Gasteiger partial charge in [0, 0.05) is 12.7 Å². The first-order chi connectivity index (χ1) is 8.69. The van der Waals surface area contributed by atoms with Crippen LogP contribution in [0, 0.1) is 5.41 Å². The smallest absolute Gasteiger partial charge is 0.0624 e. The van der Waals surface area contributed by atoms with Crippen molar-refractivity contribution < 1.29 is 0 Å². The third-order valence-corrected chi connectivity index (χ3v) is 4.54. The second-order valence-electron chi connectivity index (χ2n) is 5.90. The van der Waals surface area contributed by atoms with Gasteiger partial charge >= 0.3 is 0 Å². The minimum atomic E-state index is 0.329. The normalized spacial score (nSPS) is 19.7. The molecular formula is C15H27N3. The molecule has 0 saturated heterocycles. The number of nitrogens with zero attached hydrogens (tertiary/aromatic N) is 2. The monoisotopic (exact) mass is 249 g/mol. The number of nitrogens with two attached hydrogens (primary N) is 1. The van der Waals surface area contributed by atoms with Crippen LogP contribution in [0.25, 0.3) is 0 Å². The van der Waals surface area contributed by atoms with Crippen LogP contribution < -0.4 is 5.73 Å². The summed E-state index contributed by atoms with van der Waals surface area (Å²) in [6.07, 6.45) is 10.1. The van der Waals surface area contributed by atoms with Crippen molar-refractivity contribution in [1.82, 2.24) is 9.78 Å². The number of aromatic nitrogens is 2. The summed E-state index contributed by atoms with van der Waals surface area (Å²) in [6, 6.07) is 2.27. The van der Waals surface area contributed by atoms with Crippen LogP contribution >= 0.6 is 0 Å². The first kappa shape index (κ1) is 13.6. The Kier molecular flexibility index (Phi) is 4.44. The van der Waals surface area contributed by atoms with Gasteiger partial charge in [0.15, 0.2) is 0 Å². The summed E-state index contributed by atoms with van der Waals surface area (Å²) in [5, 5.41) is 4.56. The molecule has 1 fully saturated rings. The van der Waals surface area contributed by atoms with E-state index in [1.807, 2.05) is 0 Å². The zero-order valence-electron chi connectivity index (χ0n) is 11.9. The van der Waals surface area contributed by atoms with Crippen LogP contribution in [-0.4, -0.2) is 16.3 Å². The molecule has 1 aliphatic rings. The fraction of sp³-hybridized carbons (Fsp3) is 0.800. The zero-order chi connectivity index (χ0) is 13.0. The van der Waals surface area contributed by atoms with Gasteiger partial charge in [-0.25, -0.2) is 0 Å². The lowest BCUT2D eigenvalue weighted by Gasteiger charge is -2.31. The van der Waals surface area contributed by atoms with Crippen molar-refractivity contribution in [1.29, 1.82) is 0 Å². The molecule has 18 heavy (non-hydrogen) atoms. The molecule has 1 saturated carbocycles. The largest absolute Gasteiger partial charge is 0.330 e. The molecular weight excluding hydrogens is 222 g/mol. The number of aryl methyl sites for hydroxylation is 2. The maximum Gasteiger partial charge on any atom is 0.0624 e. The number of hydrogen-bond acceptors (Lipinski definition) is 2. The van der Waals surface area contributed by atoms with Gasteiger partial charge in [-0.2, -0.15) is 5.10 Å². The van der Waals surface area contributed by atoms with E-state index in [1.54, 1.807) is 0 Å². The third-order valence-electron chi connectivity index (χ3n) is 4.54. The molecule has 0 unspecified atom stereocenters. The summed E-state index contributed by atoms with van der Waals surface area (Å²) in [7, 11) is 2.06. The van der Waals surface area contributed by atoms with E-state index in [-0.39, 0.29) is 0 Å². The minimum Gasteiger partial charge on any atom is -0.330 e. The molecule has 1 heterocycles. The highest BCUT2D eigenvalue weighted by atomic mass is 15.3. The van der Waals surface area contributed by atoms with E-state index in [9.17, 15) is 0 Å². The minimum absolute atomic E-state index is 0.329. The molecule has 102 valence electrons. The molecule has 0 amide bonds. The van der Waals surface area contributed by atoms with E-state index in [0.717, 1.165) is 19.4 Å². The van der Waals surface area contributed by atoms with Crippen molar-refractivity contribution in [2.45, 2.75) is 58.3 Å². The lowest BCUT2D eigenvalue weighted by atomic mass is 9.76. The third kappa shape index (κ3) is 2.94. The predicted octanol–water partition coefficient (Wildman–Crippen LogP) is 2.82. The van der Waals surface area contributed by atoms with Crippen LogP contribution in [0.3, 0.4) is 0 Å². The summed E-state index contributed by atoms with van der Waals surface area (Å²) in [5.74, 6) is 0. The maximum atomic E-state index is 6.12. The molecule has 0 aliphatic heterocycles. The van der Waals surface area contributed by atoms with Gasteiger partial charge in [-0.3, -0.25) is 4.68 Å². The average molecular weight is 249 g/mol. The van der Waals surface area contributed by atoms with Crippen molar-refractivity contribution in [3.63, 3.8) is 0 Å². The maximum absolute atomic E-state index is 6.12. The SMILES string of the molecule is CCc1cc(CC2(CN)CCCCCC2)n(C)n1. The number of hydrogen-bond donors (Lipinski definition) is 1. The van der Waals surface area contributed by atoms with Crippen molar-refractivity contribution in [2.75, 3.05) is 6.54 Å². The summed E-state index contributed by atoms with van der Waals surface area (Å²) >= 11 is 0. The molecule has 0 atom stereocenters. The Hall–Kier alpha value is -0.830. The first-order valence-corrected chi connectivity index (χ1v) is 7.41. The van der Waals surface area contributed by atoms with Gasteiger partial charge in [-0.05, 0) is 43.7 Å². The quantitative estimate of drug-likeness (QED) is 0.834. The van der Waals surface area contributed by atoms with E-state index in [0.29, 0.717) is 5.41 Å². The van der Waals surface area contributed by atoms with Gasteiger partial charge < -0.3 is 5.73 Å². The molecule has 0 radical (unpaired) electrons. The number of rotatable bonds is 4. The Bertz CT molecular complexity index is 373. The van der Waals surface area contributed by atoms with Gasteiger partial charge in [-0.15, -0.1) is 0 Å². The van der Waals surface area contributed by atoms with Crippen molar-refractivity contribution >= 4 is 0 Å². The molecule has 0 aromatic carbocycles. The van der Waals surface area contributed by atoms with Crippen LogP contribution in [0.1, 0.15) is 56.8 Å².